The highest BCUT2D eigenvalue weighted by molar-refractivity contribution is 14.1. The van der Waals surface area contributed by atoms with Gasteiger partial charge in [-0.3, -0.25) is 28.8 Å². The minimum Gasteiger partial charge on any atom is -0.394 e. The van der Waals surface area contributed by atoms with Crippen LogP contribution in [0.3, 0.4) is 0 Å². The topological polar surface area (TPSA) is 339 Å². The summed E-state index contributed by atoms with van der Waals surface area (Å²) >= 11 is 10.7. The van der Waals surface area contributed by atoms with Gasteiger partial charge in [0.15, 0.2) is 0 Å². The number of halogens is 6. The monoisotopic (exact) mass is 1550 g/mol. The Bertz CT molecular complexity index is 1860. The lowest BCUT2D eigenvalue weighted by molar-refractivity contribution is -0.119. The highest BCUT2D eigenvalue weighted by atomic mass is 127. The molecule has 0 saturated carbocycles. The van der Waals surface area contributed by atoms with Crippen LogP contribution in [-0.4, -0.2) is 188 Å². The number of amides is 6. The summed E-state index contributed by atoms with van der Waals surface area (Å²) in [5.41, 5.74) is -0.253. The fraction of sp³-hybridized carbons (Fsp3) is 0.486. The molecule has 0 aromatic heterocycles. The highest BCUT2D eigenvalue weighted by Crippen LogP contribution is 2.38. The van der Waals surface area contributed by atoms with Gasteiger partial charge in [-0.25, -0.2) is 0 Å². The van der Waals surface area contributed by atoms with Crippen molar-refractivity contribution in [2.45, 2.75) is 43.4 Å². The Morgan fingerprint density at radius 2 is 0.758 bits per heavy atom. The molecule has 4 unspecified atom stereocenters. The first-order valence-electron chi connectivity index (χ1n) is 17.9. The fourth-order valence-electron chi connectivity index (χ4n) is 5.23. The van der Waals surface area contributed by atoms with E-state index in [1.807, 2.05) is 0 Å². The molecule has 0 aliphatic heterocycles. The maximum absolute atomic E-state index is 13.8. The van der Waals surface area contributed by atoms with Gasteiger partial charge in [0, 0.05) is 47.4 Å². The van der Waals surface area contributed by atoms with Crippen molar-refractivity contribution in [2.24, 2.45) is 0 Å². The van der Waals surface area contributed by atoms with Crippen molar-refractivity contribution in [2.75, 3.05) is 77.3 Å². The van der Waals surface area contributed by atoms with E-state index in [0.29, 0.717) is 0 Å². The lowest BCUT2D eigenvalue weighted by atomic mass is 10.1. The maximum atomic E-state index is 13.8. The van der Waals surface area contributed by atoms with Gasteiger partial charge >= 0.3 is 0 Å². The summed E-state index contributed by atoms with van der Waals surface area (Å²) in [5, 5.41) is 97.9. The fourth-order valence-corrected chi connectivity index (χ4v) is 14.0. The molecule has 27 heteroatoms. The predicted molar refractivity (Wildman–Crippen MR) is 273 cm³/mol. The number of anilines is 2. The van der Waals surface area contributed by atoms with Gasteiger partial charge in [-0.1, -0.05) is 0 Å². The number of aliphatic hydroxyl groups is 9. The van der Waals surface area contributed by atoms with Crippen LogP contribution in [-0.2, 0) is 9.59 Å². The number of hydrogen-bond donors (Lipinski definition) is 13. The summed E-state index contributed by atoms with van der Waals surface area (Å²) in [6, 6.07) is 0. The highest BCUT2D eigenvalue weighted by Gasteiger charge is 2.33. The number of nitrogens with zero attached hydrogens (tertiary/aromatic N) is 2. The molecule has 21 nitrogen and oxygen atoms in total. The Morgan fingerprint density at radius 3 is 1.05 bits per heavy atom. The van der Waals surface area contributed by atoms with Crippen molar-refractivity contribution < 1.29 is 74.7 Å². The Labute approximate surface area is 436 Å². The summed E-state index contributed by atoms with van der Waals surface area (Å²) in [7, 11) is 2.71. The van der Waals surface area contributed by atoms with E-state index >= 15 is 0 Å². The first-order valence-corrected chi connectivity index (χ1v) is 24.4. The second kappa shape index (κ2) is 27.2. The zero-order chi connectivity index (χ0) is 47.3. The SMILES string of the molecule is CN(CC(O)CO)C(=O)c1c(I)c(NC(=O)CC(O)CO)c(I)c(C(=O)NCC(O)CNC(=O)c2c(I)c(NC(=O)CC(O)CO)c(I)c(C(=O)N(C)CC(O)CO)c2I)c1I. The zero-order valence-corrected chi connectivity index (χ0v) is 45.5. The van der Waals surface area contributed by atoms with Crippen molar-refractivity contribution in [1.82, 2.24) is 20.4 Å². The zero-order valence-electron chi connectivity index (χ0n) is 32.6. The molecular weight excluding hydrogens is 1510 g/mol. The number of hydrogen-bond acceptors (Lipinski definition) is 15. The molecule has 0 spiro atoms. The van der Waals surface area contributed by atoms with E-state index < -0.39 is 118 Å². The molecular formula is C35H44I6N6O15. The number of nitrogens with one attached hydrogen (secondary N) is 4. The van der Waals surface area contributed by atoms with E-state index in [1.54, 1.807) is 136 Å². The molecule has 0 heterocycles. The molecule has 0 fully saturated rings. The van der Waals surface area contributed by atoms with Gasteiger partial charge in [0.1, 0.15) is 0 Å². The van der Waals surface area contributed by atoms with E-state index in [-0.39, 0.29) is 68.1 Å². The summed E-state index contributed by atoms with van der Waals surface area (Å²) in [6.07, 6.45) is -7.84. The molecule has 0 aliphatic rings. The van der Waals surface area contributed by atoms with Crippen molar-refractivity contribution in [1.29, 1.82) is 0 Å². The van der Waals surface area contributed by atoms with Gasteiger partial charge in [-0.15, -0.1) is 0 Å². The standard InChI is InChI=1S/C35H44I6N6O15/c1-46(7-16(55)11-50)34(61)22-24(36)20(26(38)30(28(22)40)44-18(57)3-13(52)9-48)32(59)42-5-15(54)6-43-33(60)21-25(37)23(35(62)47(2)8-17(56)12-51)29(41)31(27(21)39)45-19(58)4-14(53)10-49/h13-17,48-56H,3-12H2,1-2H3,(H,42,59)(H,43,60)(H,44,57)(H,45,58). The molecule has 4 atom stereocenters. The summed E-state index contributed by atoms with van der Waals surface area (Å²) in [4.78, 5) is 82.9. The number of benzene rings is 2. The van der Waals surface area contributed by atoms with Crippen LogP contribution in [0.25, 0.3) is 0 Å². The first-order chi connectivity index (χ1) is 29.0. The average Bonchev–Trinajstić information content (AvgIpc) is 3.21. The van der Waals surface area contributed by atoms with Gasteiger partial charge in [-0.05, 0) is 136 Å². The van der Waals surface area contributed by atoms with Crippen LogP contribution < -0.4 is 21.3 Å². The lowest BCUT2D eigenvalue weighted by Gasteiger charge is -2.25. The van der Waals surface area contributed by atoms with E-state index in [2.05, 4.69) is 21.3 Å². The first kappa shape index (κ1) is 57.4. The van der Waals surface area contributed by atoms with E-state index in [9.17, 15) is 74.7 Å². The third kappa shape index (κ3) is 15.7. The van der Waals surface area contributed by atoms with Crippen LogP contribution in [0.4, 0.5) is 11.4 Å². The second-order valence-corrected chi connectivity index (χ2v) is 19.9. The minimum absolute atomic E-state index is 0.0228. The van der Waals surface area contributed by atoms with Gasteiger partial charge in [0.25, 0.3) is 23.6 Å². The van der Waals surface area contributed by atoms with Crippen LogP contribution in [0.15, 0.2) is 0 Å². The molecule has 0 radical (unpaired) electrons. The number of likely N-dealkylation sites (N-methyl/N-ethyl adjacent to an activating group) is 2. The van der Waals surface area contributed by atoms with Gasteiger partial charge in [0.05, 0.1) is 118 Å². The molecule has 62 heavy (non-hydrogen) atoms. The van der Waals surface area contributed by atoms with Crippen LogP contribution >= 0.6 is 136 Å². The molecule has 6 amide bonds. The minimum atomic E-state index is -1.45. The van der Waals surface area contributed by atoms with Crippen LogP contribution in [0.5, 0.6) is 0 Å². The largest absolute Gasteiger partial charge is 0.394 e. The summed E-state index contributed by atoms with van der Waals surface area (Å²) in [6.45, 7) is -4.20. The van der Waals surface area contributed by atoms with E-state index in [1.165, 1.54) is 14.1 Å². The third-order valence-electron chi connectivity index (χ3n) is 8.39. The third-order valence-corrected chi connectivity index (χ3v) is 14.9. The normalized spacial score (nSPS) is 13.6. The van der Waals surface area contributed by atoms with Crippen LogP contribution in [0.2, 0.25) is 0 Å². The van der Waals surface area contributed by atoms with Crippen molar-refractivity contribution >= 4 is 182 Å². The molecule has 0 bridgehead atoms. The molecule has 2 aromatic carbocycles. The predicted octanol–water partition coefficient (Wildman–Crippen LogP) is -0.951. The van der Waals surface area contributed by atoms with E-state index in [4.69, 9.17) is 0 Å². The Kier molecular flexibility index (Phi) is 25.2. The van der Waals surface area contributed by atoms with Crippen LogP contribution in [0, 0.1) is 21.4 Å². The number of rotatable bonds is 22. The van der Waals surface area contributed by atoms with Gasteiger partial charge < -0.3 is 77.0 Å². The number of carbonyl (C=O) groups is 6. The molecule has 0 aliphatic carbocycles. The Balaban J connectivity index is 2.49. The molecule has 0 saturated heterocycles. The molecule has 2 rings (SSSR count). The lowest BCUT2D eigenvalue weighted by Crippen LogP contribution is -2.41. The quantitative estimate of drug-likeness (QED) is 0.0633. The Morgan fingerprint density at radius 1 is 0.468 bits per heavy atom. The van der Waals surface area contributed by atoms with Crippen molar-refractivity contribution in [3.8, 4) is 0 Å². The number of carbonyl (C=O) groups excluding carboxylic acids is 6. The molecule has 13 N–H and O–H groups in total. The molecule has 2 aromatic rings. The maximum Gasteiger partial charge on any atom is 0.255 e. The van der Waals surface area contributed by atoms with Crippen LogP contribution in [0.1, 0.15) is 54.3 Å². The average molecular weight is 1550 g/mol. The smallest absolute Gasteiger partial charge is 0.255 e. The van der Waals surface area contributed by atoms with E-state index in [0.717, 1.165) is 9.80 Å². The van der Waals surface area contributed by atoms with Gasteiger partial charge in [-0.2, -0.15) is 0 Å². The second-order valence-electron chi connectivity index (χ2n) is 13.4. The van der Waals surface area contributed by atoms with Crippen molar-refractivity contribution in [3.63, 3.8) is 0 Å². The van der Waals surface area contributed by atoms with Gasteiger partial charge in [0.2, 0.25) is 11.8 Å². The summed E-state index contributed by atoms with van der Waals surface area (Å²) < 4.78 is 0.969. The summed E-state index contributed by atoms with van der Waals surface area (Å²) in [5.74, 6) is -4.50. The van der Waals surface area contributed by atoms with Crippen molar-refractivity contribution in [3.05, 3.63) is 43.7 Å². The molecule has 346 valence electrons. The number of aliphatic hydroxyl groups excluding tert-OH is 9. The Hall–Kier alpha value is -0.720.